The van der Waals surface area contributed by atoms with Gasteiger partial charge < -0.3 is 5.32 Å². The van der Waals surface area contributed by atoms with Gasteiger partial charge in [0.1, 0.15) is 0 Å². The number of para-hydroxylation sites is 1. The second-order valence-corrected chi connectivity index (χ2v) is 9.40. The van der Waals surface area contributed by atoms with E-state index in [1.807, 2.05) is 37.3 Å². The van der Waals surface area contributed by atoms with Crippen LogP contribution in [0.25, 0.3) is 0 Å². The molecule has 2 aromatic rings. The highest BCUT2D eigenvalue weighted by Gasteiger charge is 2.61. The van der Waals surface area contributed by atoms with Gasteiger partial charge >= 0.3 is 0 Å². The Labute approximate surface area is 158 Å². The highest BCUT2D eigenvalue weighted by Crippen LogP contribution is 2.66. The van der Waals surface area contributed by atoms with Crippen molar-refractivity contribution < 1.29 is 4.79 Å². The van der Waals surface area contributed by atoms with E-state index in [0.717, 1.165) is 29.9 Å². The molecule has 1 fully saturated rings. The molecule has 6 heteroatoms. The van der Waals surface area contributed by atoms with E-state index in [0.29, 0.717) is 11.1 Å². The fourth-order valence-electron chi connectivity index (χ4n) is 4.39. The average Bonchev–Trinajstić information content (AvgIpc) is 2.94. The molecule has 5 nitrogen and oxygen atoms in total. The van der Waals surface area contributed by atoms with Crippen molar-refractivity contribution in [1.82, 2.24) is 15.2 Å². The van der Waals surface area contributed by atoms with Crippen LogP contribution in [0, 0.1) is 5.41 Å². The summed E-state index contributed by atoms with van der Waals surface area (Å²) in [5, 5.41) is 12.1. The summed E-state index contributed by atoms with van der Waals surface area (Å²) >= 11 is 1.37. The molecule has 1 heterocycles. The minimum absolute atomic E-state index is 0.0564. The van der Waals surface area contributed by atoms with Crippen molar-refractivity contribution in [3.8, 4) is 0 Å². The number of nitrogens with one attached hydrogen (secondary N) is 1. The van der Waals surface area contributed by atoms with Gasteiger partial charge in [-0.1, -0.05) is 50.7 Å². The number of rotatable bonds is 4. The molecule has 4 rings (SSSR count). The first-order valence-corrected chi connectivity index (χ1v) is 9.98. The molecule has 26 heavy (non-hydrogen) atoms. The van der Waals surface area contributed by atoms with Gasteiger partial charge in [-0.15, -0.1) is 5.10 Å². The van der Waals surface area contributed by atoms with Gasteiger partial charge in [0, 0.05) is 17.0 Å². The third-order valence-corrected chi connectivity index (χ3v) is 7.42. The summed E-state index contributed by atoms with van der Waals surface area (Å²) in [6, 6.07) is 9.48. The Morgan fingerprint density at radius 3 is 2.69 bits per heavy atom. The zero-order chi connectivity index (χ0) is 18.5. The maximum Gasteiger partial charge on any atom is 0.237 e. The number of nitrogens with zero attached hydrogens (tertiary/aromatic N) is 3. The number of hydrogen-bond acceptors (Lipinski definition) is 5. The number of fused-ring (bicyclic) bond motifs is 5. The Kier molecular flexibility index (Phi) is 4.06. The zero-order valence-electron chi connectivity index (χ0n) is 15.6. The van der Waals surface area contributed by atoms with Crippen molar-refractivity contribution in [1.29, 1.82) is 0 Å². The Morgan fingerprint density at radius 1 is 1.23 bits per heavy atom. The largest absolute Gasteiger partial charge is 0.325 e. The second kappa shape index (κ2) is 6.05. The van der Waals surface area contributed by atoms with Gasteiger partial charge in [-0.05, 0) is 37.3 Å². The molecule has 2 aliphatic rings. The van der Waals surface area contributed by atoms with Gasteiger partial charge in [-0.25, -0.2) is 4.98 Å². The molecule has 1 saturated carbocycles. The molecule has 1 N–H and O–H groups in total. The van der Waals surface area contributed by atoms with Crippen LogP contribution in [-0.4, -0.2) is 26.3 Å². The maximum atomic E-state index is 12.4. The van der Waals surface area contributed by atoms with Crippen molar-refractivity contribution in [2.45, 2.75) is 62.3 Å². The maximum absolute atomic E-state index is 12.4. The summed E-state index contributed by atoms with van der Waals surface area (Å²) in [5.41, 5.74) is 3.18. The Hall–Kier alpha value is -1.95. The van der Waals surface area contributed by atoms with Gasteiger partial charge in [0.15, 0.2) is 0 Å². The van der Waals surface area contributed by atoms with Crippen molar-refractivity contribution in [3.05, 3.63) is 41.7 Å². The van der Waals surface area contributed by atoms with Crippen LogP contribution >= 0.6 is 11.8 Å². The summed E-state index contributed by atoms with van der Waals surface area (Å²) < 4.78 is 0. The second-order valence-electron chi connectivity index (χ2n) is 8.09. The minimum Gasteiger partial charge on any atom is -0.325 e. The van der Waals surface area contributed by atoms with E-state index in [1.54, 1.807) is 0 Å². The summed E-state index contributed by atoms with van der Waals surface area (Å²) in [5.74, 6) is 0.380. The fraction of sp³-hybridized carbons (Fsp3) is 0.500. The van der Waals surface area contributed by atoms with Crippen LogP contribution in [0.3, 0.4) is 0 Å². The van der Waals surface area contributed by atoms with E-state index in [1.165, 1.54) is 11.8 Å². The van der Waals surface area contributed by atoms with Gasteiger partial charge in [-0.2, -0.15) is 5.10 Å². The van der Waals surface area contributed by atoms with E-state index in [2.05, 4.69) is 36.3 Å². The van der Waals surface area contributed by atoms with Crippen molar-refractivity contribution in [3.63, 3.8) is 0 Å². The number of anilines is 1. The first-order valence-electron chi connectivity index (χ1n) is 9.10. The van der Waals surface area contributed by atoms with E-state index >= 15 is 0 Å². The van der Waals surface area contributed by atoms with Crippen LogP contribution in [-0.2, 0) is 10.2 Å². The standard InChI is InChI=1S/C20H24N4OS/c1-12(17(25)21-13-8-6-5-7-9-13)26-18-22-15-14-10-11-20(4,19(14,2)3)16(15)23-24-18/h5-9,12,14H,10-11H2,1-4H3,(H,21,25)/t12-,14+,20-/m1/s1. The SMILES string of the molecule is C[C@@H](Sc1nnc2c(n1)[C@@H]1CC[C@@]2(C)C1(C)C)C(=O)Nc1ccccc1. The molecule has 3 atom stereocenters. The molecule has 1 amide bonds. The highest BCUT2D eigenvalue weighted by atomic mass is 32.2. The molecule has 2 bridgehead atoms. The van der Waals surface area contributed by atoms with Crippen LogP contribution in [0.4, 0.5) is 5.69 Å². The lowest BCUT2D eigenvalue weighted by Crippen LogP contribution is -2.32. The third-order valence-electron chi connectivity index (χ3n) is 6.47. The monoisotopic (exact) mass is 368 g/mol. The average molecular weight is 369 g/mol. The summed E-state index contributed by atoms with van der Waals surface area (Å²) in [7, 11) is 0. The predicted octanol–water partition coefficient (Wildman–Crippen LogP) is 4.17. The molecular weight excluding hydrogens is 344 g/mol. The minimum atomic E-state index is -0.294. The van der Waals surface area contributed by atoms with Crippen LogP contribution < -0.4 is 5.32 Å². The van der Waals surface area contributed by atoms with Gasteiger partial charge in [0.25, 0.3) is 0 Å². The van der Waals surface area contributed by atoms with E-state index in [9.17, 15) is 4.79 Å². The van der Waals surface area contributed by atoms with Gasteiger partial charge in [-0.3, -0.25) is 4.79 Å². The molecule has 0 saturated heterocycles. The zero-order valence-corrected chi connectivity index (χ0v) is 16.4. The number of carbonyl (C=O) groups is 1. The van der Waals surface area contributed by atoms with E-state index in [-0.39, 0.29) is 22.0 Å². The Bertz CT molecular complexity index is 854. The number of benzene rings is 1. The topological polar surface area (TPSA) is 67.8 Å². The fourth-order valence-corrected chi connectivity index (χ4v) is 5.11. The van der Waals surface area contributed by atoms with Crippen LogP contribution in [0.1, 0.15) is 57.8 Å². The number of hydrogen-bond donors (Lipinski definition) is 1. The molecule has 1 aromatic carbocycles. The predicted molar refractivity (Wildman–Crippen MR) is 103 cm³/mol. The Morgan fingerprint density at radius 2 is 1.96 bits per heavy atom. The molecule has 0 unspecified atom stereocenters. The Balaban J connectivity index is 1.51. The van der Waals surface area contributed by atoms with Crippen LogP contribution in [0.2, 0.25) is 0 Å². The highest BCUT2D eigenvalue weighted by molar-refractivity contribution is 8.00. The molecule has 0 radical (unpaired) electrons. The van der Waals surface area contributed by atoms with Crippen molar-refractivity contribution in [2.24, 2.45) is 5.41 Å². The van der Waals surface area contributed by atoms with Crippen molar-refractivity contribution >= 4 is 23.4 Å². The van der Waals surface area contributed by atoms with Gasteiger partial charge in [0.2, 0.25) is 11.1 Å². The molecule has 2 aliphatic carbocycles. The molecule has 0 spiro atoms. The lowest BCUT2D eigenvalue weighted by atomic mass is 9.70. The molecular formula is C20H24N4OS. The number of amides is 1. The summed E-state index contributed by atoms with van der Waals surface area (Å²) in [6.45, 7) is 8.79. The van der Waals surface area contributed by atoms with E-state index < -0.39 is 0 Å². The molecule has 0 aliphatic heterocycles. The quantitative estimate of drug-likeness (QED) is 0.821. The molecule has 136 valence electrons. The van der Waals surface area contributed by atoms with Crippen LogP contribution in [0.5, 0.6) is 0 Å². The van der Waals surface area contributed by atoms with Crippen LogP contribution in [0.15, 0.2) is 35.5 Å². The number of aromatic nitrogens is 3. The normalized spacial score (nSPS) is 26.4. The first-order chi connectivity index (χ1) is 12.3. The smallest absolute Gasteiger partial charge is 0.237 e. The molecule has 1 aromatic heterocycles. The lowest BCUT2D eigenvalue weighted by Gasteiger charge is -2.33. The number of carbonyl (C=O) groups excluding carboxylic acids is 1. The third kappa shape index (κ3) is 2.54. The van der Waals surface area contributed by atoms with E-state index in [4.69, 9.17) is 4.98 Å². The summed E-state index contributed by atoms with van der Waals surface area (Å²) in [4.78, 5) is 17.2. The lowest BCUT2D eigenvalue weighted by molar-refractivity contribution is -0.115. The van der Waals surface area contributed by atoms with Crippen molar-refractivity contribution in [2.75, 3.05) is 5.32 Å². The number of thioether (sulfide) groups is 1. The van der Waals surface area contributed by atoms with Gasteiger partial charge in [0.05, 0.1) is 16.6 Å². The summed E-state index contributed by atoms with van der Waals surface area (Å²) in [6.07, 6.45) is 2.31. The first kappa shape index (κ1) is 17.5.